The van der Waals surface area contributed by atoms with Crippen LogP contribution in [0.15, 0.2) is 95.9 Å². The number of carbonyl (C=O) groups is 1. The molecule has 0 unspecified atom stereocenters. The summed E-state index contributed by atoms with van der Waals surface area (Å²) in [5.74, 6) is -1.32. The standard InChI is InChI=1S/C25H21FN2O3S/c1-18-13-15-20(16-14-18)32(30,31)28(24-12-5-4-10-22(24)26)17-25(29)27-23-11-6-8-19-7-2-3-9-21(19)23/h2-16H,17H2,1H3,(H,27,29). The molecule has 0 fully saturated rings. The lowest BCUT2D eigenvalue weighted by atomic mass is 10.1. The van der Waals surface area contributed by atoms with Crippen molar-refractivity contribution >= 4 is 38.1 Å². The Kier molecular flexibility index (Phi) is 5.92. The SMILES string of the molecule is Cc1ccc(S(=O)(=O)N(CC(=O)Nc2cccc3ccccc23)c2ccccc2F)cc1. The molecule has 0 saturated carbocycles. The second kappa shape index (κ2) is 8.80. The van der Waals surface area contributed by atoms with Gasteiger partial charge in [0.05, 0.1) is 10.6 Å². The number of rotatable bonds is 6. The van der Waals surface area contributed by atoms with E-state index in [-0.39, 0.29) is 10.6 Å². The number of fused-ring (bicyclic) bond motifs is 1. The van der Waals surface area contributed by atoms with Crippen molar-refractivity contribution in [1.29, 1.82) is 0 Å². The van der Waals surface area contributed by atoms with Crippen LogP contribution in [-0.4, -0.2) is 20.9 Å². The Morgan fingerprint density at radius 3 is 2.28 bits per heavy atom. The van der Waals surface area contributed by atoms with Gasteiger partial charge in [-0.05, 0) is 42.6 Å². The highest BCUT2D eigenvalue weighted by Gasteiger charge is 2.29. The van der Waals surface area contributed by atoms with Crippen LogP contribution in [0.25, 0.3) is 10.8 Å². The zero-order chi connectivity index (χ0) is 22.7. The lowest BCUT2D eigenvalue weighted by molar-refractivity contribution is -0.114. The molecule has 7 heteroatoms. The number of aryl methyl sites for hydroxylation is 1. The maximum Gasteiger partial charge on any atom is 0.264 e. The number of nitrogens with zero attached hydrogens (tertiary/aromatic N) is 1. The minimum atomic E-state index is -4.19. The van der Waals surface area contributed by atoms with Gasteiger partial charge in [-0.15, -0.1) is 0 Å². The summed E-state index contributed by atoms with van der Waals surface area (Å²) in [6.45, 7) is 1.25. The number of anilines is 2. The van der Waals surface area contributed by atoms with Crippen molar-refractivity contribution in [3.8, 4) is 0 Å². The molecule has 32 heavy (non-hydrogen) atoms. The lowest BCUT2D eigenvalue weighted by Gasteiger charge is -2.24. The molecule has 0 saturated heterocycles. The summed E-state index contributed by atoms with van der Waals surface area (Å²) < 4.78 is 42.1. The van der Waals surface area contributed by atoms with Gasteiger partial charge in [0, 0.05) is 11.1 Å². The summed E-state index contributed by atoms with van der Waals surface area (Å²) in [7, 11) is -4.19. The third-order valence-electron chi connectivity index (χ3n) is 5.08. The Bertz CT molecular complexity index is 1380. The van der Waals surface area contributed by atoms with E-state index in [0.29, 0.717) is 5.69 Å². The van der Waals surface area contributed by atoms with Gasteiger partial charge in [0.15, 0.2) is 0 Å². The number of benzene rings is 4. The number of halogens is 1. The smallest absolute Gasteiger partial charge is 0.264 e. The normalized spacial score (nSPS) is 11.3. The van der Waals surface area contributed by atoms with Gasteiger partial charge < -0.3 is 5.32 Å². The molecule has 4 aromatic rings. The molecule has 162 valence electrons. The minimum Gasteiger partial charge on any atom is -0.324 e. The molecule has 0 atom stereocenters. The van der Waals surface area contributed by atoms with Crippen LogP contribution in [0.1, 0.15) is 5.56 Å². The van der Waals surface area contributed by atoms with Crippen LogP contribution in [0.2, 0.25) is 0 Å². The molecule has 0 spiro atoms. The van der Waals surface area contributed by atoms with Crippen molar-refractivity contribution in [3.05, 3.63) is 102 Å². The van der Waals surface area contributed by atoms with Gasteiger partial charge in [0.25, 0.3) is 10.0 Å². The molecule has 0 radical (unpaired) electrons. The summed E-state index contributed by atoms with van der Waals surface area (Å²) in [4.78, 5) is 12.9. The number of sulfonamides is 1. The van der Waals surface area contributed by atoms with Crippen molar-refractivity contribution in [2.24, 2.45) is 0 Å². The van der Waals surface area contributed by atoms with Gasteiger partial charge in [0.1, 0.15) is 12.4 Å². The summed E-state index contributed by atoms with van der Waals surface area (Å²) >= 11 is 0. The van der Waals surface area contributed by atoms with Crippen LogP contribution in [0.4, 0.5) is 15.8 Å². The first-order valence-electron chi connectivity index (χ1n) is 9.98. The first-order valence-corrected chi connectivity index (χ1v) is 11.4. The van der Waals surface area contributed by atoms with Crippen molar-refractivity contribution in [3.63, 3.8) is 0 Å². The van der Waals surface area contributed by atoms with Crippen molar-refractivity contribution in [2.75, 3.05) is 16.2 Å². The predicted octanol–water partition coefficient (Wildman–Crippen LogP) is 5.12. The van der Waals surface area contributed by atoms with Gasteiger partial charge in [-0.1, -0.05) is 66.2 Å². The molecule has 4 aromatic carbocycles. The highest BCUT2D eigenvalue weighted by atomic mass is 32.2. The molecule has 1 N–H and O–H groups in total. The Hall–Kier alpha value is -3.71. The number of carbonyl (C=O) groups excluding carboxylic acids is 1. The van der Waals surface area contributed by atoms with E-state index in [2.05, 4.69) is 5.32 Å². The number of nitrogens with one attached hydrogen (secondary N) is 1. The monoisotopic (exact) mass is 448 g/mol. The van der Waals surface area contributed by atoms with Crippen molar-refractivity contribution in [2.45, 2.75) is 11.8 Å². The minimum absolute atomic E-state index is 0.0238. The summed E-state index contributed by atoms with van der Waals surface area (Å²) in [5.41, 5.74) is 1.24. The van der Waals surface area contributed by atoms with Crippen LogP contribution in [-0.2, 0) is 14.8 Å². The van der Waals surface area contributed by atoms with E-state index in [4.69, 9.17) is 0 Å². The fraction of sp³-hybridized carbons (Fsp3) is 0.0800. The first-order chi connectivity index (χ1) is 15.4. The van der Waals surface area contributed by atoms with Crippen LogP contribution < -0.4 is 9.62 Å². The van der Waals surface area contributed by atoms with Crippen molar-refractivity contribution in [1.82, 2.24) is 0 Å². The zero-order valence-corrected chi connectivity index (χ0v) is 18.1. The fourth-order valence-corrected chi connectivity index (χ4v) is 4.87. The Balaban J connectivity index is 1.70. The van der Waals surface area contributed by atoms with Gasteiger partial charge in [0.2, 0.25) is 5.91 Å². The Labute approximate surface area is 186 Å². The third kappa shape index (κ3) is 4.33. The van der Waals surface area contributed by atoms with E-state index in [1.54, 1.807) is 24.3 Å². The highest BCUT2D eigenvalue weighted by molar-refractivity contribution is 7.92. The molecule has 0 bridgehead atoms. The second-order valence-corrected chi connectivity index (χ2v) is 9.21. The highest BCUT2D eigenvalue weighted by Crippen LogP contribution is 2.27. The van der Waals surface area contributed by atoms with Gasteiger partial charge >= 0.3 is 0 Å². The molecule has 4 rings (SSSR count). The van der Waals surface area contributed by atoms with Crippen LogP contribution >= 0.6 is 0 Å². The van der Waals surface area contributed by atoms with E-state index >= 15 is 0 Å². The Morgan fingerprint density at radius 2 is 1.53 bits per heavy atom. The molecule has 0 aromatic heterocycles. The number of amides is 1. The zero-order valence-electron chi connectivity index (χ0n) is 17.3. The second-order valence-electron chi connectivity index (χ2n) is 7.35. The fourth-order valence-electron chi connectivity index (χ4n) is 3.45. The summed E-state index contributed by atoms with van der Waals surface area (Å²) in [6.07, 6.45) is 0. The maximum absolute atomic E-state index is 14.6. The van der Waals surface area contributed by atoms with Crippen molar-refractivity contribution < 1.29 is 17.6 Å². The van der Waals surface area contributed by atoms with E-state index in [1.165, 1.54) is 30.3 Å². The Morgan fingerprint density at radius 1 is 0.875 bits per heavy atom. The molecule has 0 aliphatic heterocycles. The molecule has 0 aliphatic carbocycles. The van der Waals surface area contributed by atoms with E-state index in [1.807, 2.05) is 37.3 Å². The summed E-state index contributed by atoms with van der Waals surface area (Å²) in [5, 5.41) is 4.53. The average molecular weight is 449 g/mol. The maximum atomic E-state index is 14.6. The lowest BCUT2D eigenvalue weighted by Crippen LogP contribution is -2.38. The molecule has 0 aliphatic rings. The number of hydrogen-bond acceptors (Lipinski definition) is 3. The van der Waals surface area contributed by atoms with E-state index < -0.39 is 28.3 Å². The topological polar surface area (TPSA) is 66.5 Å². The molecular weight excluding hydrogens is 427 g/mol. The van der Waals surface area contributed by atoms with Crippen LogP contribution in [0.5, 0.6) is 0 Å². The largest absolute Gasteiger partial charge is 0.324 e. The first kappa shape index (κ1) is 21.5. The quantitative estimate of drug-likeness (QED) is 0.445. The third-order valence-corrected chi connectivity index (χ3v) is 6.86. The van der Waals surface area contributed by atoms with Gasteiger partial charge in [-0.25, -0.2) is 12.8 Å². The number of hydrogen-bond donors (Lipinski definition) is 1. The average Bonchev–Trinajstić information content (AvgIpc) is 2.78. The van der Waals surface area contributed by atoms with Gasteiger partial charge in [-0.3, -0.25) is 9.10 Å². The van der Waals surface area contributed by atoms with Gasteiger partial charge in [-0.2, -0.15) is 0 Å². The van der Waals surface area contributed by atoms with Crippen LogP contribution in [0, 0.1) is 12.7 Å². The van der Waals surface area contributed by atoms with E-state index in [0.717, 1.165) is 26.7 Å². The van der Waals surface area contributed by atoms with E-state index in [9.17, 15) is 17.6 Å². The summed E-state index contributed by atoms with van der Waals surface area (Å²) in [6, 6.07) is 24.7. The molecule has 1 amide bonds. The molecule has 0 heterocycles. The molecular formula is C25H21FN2O3S. The van der Waals surface area contributed by atoms with Crippen LogP contribution in [0.3, 0.4) is 0 Å². The molecule has 5 nitrogen and oxygen atoms in total. The predicted molar refractivity (Wildman–Crippen MR) is 125 cm³/mol. The number of para-hydroxylation sites is 1.